The van der Waals surface area contributed by atoms with Crippen molar-refractivity contribution < 1.29 is 14.2 Å². The van der Waals surface area contributed by atoms with Crippen LogP contribution in [-0.2, 0) is 0 Å². The molecule has 0 aromatic heterocycles. The number of halogens is 1. The Morgan fingerprint density at radius 3 is 2.50 bits per heavy atom. The van der Waals surface area contributed by atoms with Crippen LogP contribution in [0.1, 0.15) is 26.7 Å². The summed E-state index contributed by atoms with van der Waals surface area (Å²) in [6, 6.07) is 6.97. The number of benzene rings is 1. The van der Waals surface area contributed by atoms with Crippen molar-refractivity contribution in [2.75, 3.05) is 26.2 Å². The fourth-order valence-electron chi connectivity index (χ4n) is 2.83. The number of aliphatic hydroxyl groups is 1. The minimum absolute atomic E-state index is 0.232. The molecule has 1 saturated heterocycles. The molecule has 2 rings (SSSR count). The SMILES string of the molecule is CC(C)NC1CCN(CC(O)COc2ccc(F)cc2)CC1. The summed E-state index contributed by atoms with van der Waals surface area (Å²) in [6.07, 6.45) is 1.70. The van der Waals surface area contributed by atoms with Gasteiger partial charge in [0.15, 0.2) is 0 Å². The highest BCUT2D eigenvalue weighted by molar-refractivity contribution is 5.22. The molecule has 22 heavy (non-hydrogen) atoms. The molecule has 4 nitrogen and oxygen atoms in total. The molecular weight excluding hydrogens is 283 g/mol. The van der Waals surface area contributed by atoms with Crippen LogP contribution < -0.4 is 10.1 Å². The summed E-state index contributed by atoms with van der Waals surface area (Å²) in [5.74, 6) is 0.297. The van der Waals surface area contributed by atoms with Crippen LogP contribution >= 0.6 is 0 Å². The lowest BCUT2D eigenvalue weighted by atomic mass is 10.0. The van der Waals surface area contributed by atoms with E-state index in [0.29, 0.717) is 24.4 Å². The van der Waals surface area contributed by atoms with Crippen LogP contribution in [0.25, 0.3) is 0 Å². The van der Waals surface area contributed by atoms with Gasteiger partial charge in [0.2, 0.25) is 0 Å². The van der Waals surface area contributed by atoms with Crippen molar-refractivity contribution in [3.05, 3.63) is 30.1 Å². The van der Waals surface area contributed by atoms with Gasteiger partial charge < -0.3 is 20.1 Å². The second kappa shape index (κ2) is 8.46. The van der Waals surface area contributed by atoms with Crippen molar-refractivity contribution in [2.45, 2.75) is 44.9 Å². The number of hydrogen-bond acceptors (Lipinski definition) is 4. The van der Waals surface area contributed by atoms with E-state index in [4.69, 9.17) is 4.74 Å². The Labute approximate surface area is 132 Å². The van der Waals surface area contributed by atoms with Gasteiger partial charge in [-0.25, -0.2) is 4.39 Å². The first-order valence-corrected chi connectivity index (χ1v) is 8.08. The van der Waals surface area contributed by atoms with Crippen molar-refractivity contribution in [1.29, 1.82) is 0 Å². The molecule has 1 aromatic rings. The standard InChI is InChI=1S/C17H27FN2O2/c1-13(2)19-15-7-9-20(10-8-15)11-16(21)12-22-17-5-3-14(18)4-6-17/h3-6,13,15-16,19,21H,7-12H2,1-2H3. The van der Waals surface area contributed by atoms with E-state index >= 15 is 0 Å². The maximum atomic E-state index is 12.8. The third kappa shape index (κ3) is 5.91. The molecule has 0 bridgehead atoms. The summed E-state index contributed by atoms with van der Waals surface area (Å²) in [5, 5.41) is 13.6. The fourth-order valence-corrected chi connectivity index (χ4v) is 2.83. The largest absolute Gasteiger partial charge is 0.491 e. The molecule has 1 fully saturated rings. The molecule has 1 aromatic carbocycles. The number of β-amino-alcohol motifs (C(OH)–C–C–N with tert-alkyl or cyclic N) is 1. The van der Waals surface area contributed by atoms with Crippen LogP contribution in [0.15, 0.2) is 24.3 Å². The topological polar surface area (TPSA) is 44.7 Å². The first-order chi connectivity index (χ1) is 10.5. The molecule has 1 atom stereocenters. The van der Waals surface area contributed by atoms with Gasteiger partial charge in [0.1, 0.15) is 24.3 Å². The molecule has 124 valence electrons. The highest BCUT2D eigenvalue weighted by Crippen LogP contribution is 2.13. The Morgan fingerprint density at radius 2 is 1.91 bits per heavy atom. The van der Waals surface area contributed by atoms with Gasteiger partial charge in [0.05, 0.1) is 0 Å². The summed E-state index contributed by atoms with van der Waals surface area (Å²) in [7, 11) is 0. The molecule has 0 amide bonds. The molecule has 1 aliphatic rings. The van der Waals surface area contributed by atoms with E-state index in [1.807, 2.05) is 0 Å². The Balaban J connectivity index is 1.65. The third-order valence-electron chi connectivity index (χ3n) is 3.88. The number of aliphatic hydroxyl groups excluding tert-OH is 1. The summed E-state index contributed by atoms with van der Waals surface area (Å²) in [6.45, 7) is 7.19. The Morgan fingerprint density at radius 1 is 1.27 bits per heavy atom. The van der Waals surface area contributed by atoms with Gasteiger partial charge in [-0.1, -0.05) is 13.8 Å². The van der Waals surface area contributed by atoms with Gasteiger partial charge in [-0.3, -0.25) is 0 Å². The molecule has 0 spiro atoms. The Hall–Kier alpha value is -1.17. The van der Waals surface area contributed by atoms with Crippen LogP contribution in [0, 0.1) is 5.82 Å². The van der Waals surface area contributed by atoms with Crippen LogP contribution in [0.3, 0.4) is 0 Å². The molecular formula is C17H27FN2O2. The maximum Gasteiger partial charge on any atom is 0.123 e. The Bertz CT molecular complexity index is 431. The van der Waals surface area contributed by atoms with Crippen LogP contribution in [-0.4, -0.2) is 54.4 Å². The minimum atomic E-state index is -0.528. The molecule has 0 saturated carbocycles. The number of nitrogens with one attached hydrogen (secondary N) is 1. The molecule has 1 unspecified atom stereocenters. The average Bonchev–Trinajstić information content (AvgIpc) is 2.48. The van der Waals surface area contributed by atoms with E-state index in [2.05, 4.69) is 24.1 Å². The number of likely N-dealkylation sites (tertiary alicyclic amines) is 1. The second-order valence-electron chi connectivity index (χ2n) is 6.31. The van der Waals surface area contributed by atoms with Crippen molar-refractivity contribution in [1.82, 2.24) is 10.2 Å². The number of rotatable bonds is 7. The van der Waals surface area contributed by atoms with Crippen molar-refractivity contribution >= 4 is 0 Å². The van der Waals surface area contributed by atoms with Gasteiger partial charge in [-0.15, -0.1) is 0 Å². The number of hydrogen-bond donors (Lipinski definition) is 2. The first-order valence-electron chi connectivity index (χ1n) is 8.08. The van der Waals surface area contributed by atoms with Gasteiger partial charge in [-0.05, 0) is 50.2 Å². The first kappa shape index (κ1) is 17.2. The maximum absolute atomic E-state index is 12.8. The lowest BCUT2D eigenvalue weighted by molar-refractivity contribution is 0.0574. The second-order valence-corrected chi connectivity index (χ2v) is 6.31. The lowest BCUT2D eigenvalue weighted by Gasteiger charge is -2.34. The predicted octanol–water partition coefficient (Wildman–Crippen LogP) is 2.03. The van der Waals surface area contributed by atoms with Gasteiger partial charge >= 0.3 is 0 Å². The van der Waals surface area contributed by atoms with Crippen LogP contribution in [0.2, 0.25) is 0 Å². The highest BCUT2D eigenvalue weighted by atomic mass is 19.1. The smallest absolute Gasteiger partial charge is 0.123 e. The fraction of sp³-hybridized carbons (Fsp3) is 0.647. The molecule has 5 heteroatoms. The zero-order chi connectivity index (χ0) is 15.9. The third-order valence-corrected chi connectivity index (χ3v) is 3.88. The van der Waals surface area contributed by atoms with E-state index in [1.54, 1.807) is 12.1 Å². The van der Waals surface area contributed by atoms with E-state index in [-0.39, 0.29) is 12.4 Å². The van der Waals surface area contributed by atoms with Gasteiger partial charge in [-0.2, -0.15) is 0 Å². The van der Waals surface area contributed by atoms with Crippen molar-refractivity contribution in [3.8, 4) is 5.75 Å². The summed E-state index contributed by atoms with van der Waals surface area (Å²) < 4.78 is 18.3. The quantitative estimate of drug-likeness (QED) is 0.809. The Kier molecular flexibility index (Phi) is 6.61. The zero-order valence-electron chi connectivity index (χ0n) is 13.5. The molecule has 2 N–H and O–H groups in total. The van der Waals surface area contributed by atoms with Gasteiger partial charge in [0.25, 0.3) is 0 Å². The number of ether oxygens (including phenoxy) is 1. The summed E-state index contributed by atoms with van der Waals surface area (Å²) in [5.41, 5.74) is 0. The number of piperidine rings is 1. The average molecular weight is 310 g/mol. The van der Waals surface area contributed by atoms with E-state index in [9.17, 15) is 9.50 Å². The molecule has 1 heterocycles. The van der Waals surface area contributed by atoms with Crippen molar-refractivity contribution in [3.63, 3.8) is 0 Å². The monoisotopic (exact) mass is 310 g/mol. The molecule has 0 radical (unpaired) electrons. The normalized spacial score (nSPS) is 18.6. The van der Waals surface area contributed by atoms with E-state index in [0.717, 1.165) is 25.9 Å². The summed E-state index contributed by atoms with van der Waals surface area (Å²) >= 11 is 0. The molecule has 0 aliphatic carbocycles. The zero-order valence-corrected chi connectivity index (χ0v) is 13.5. The van der Waals surface area contributed by atoms with Gasteiger partial charge in [0, 0.05) is 18.6 Å². The molecule has 1 aliphatic heterocycles. The highest BCUT2D eigenvalue weighted by Gasteiger charge is 2.21. The number of nitrogens with zero attached hydrogens (tertiary/aromatic N) is 1. The van der Waals surface area contributed by atoms with Crippen molar-refractivity contribution in [2.24, 2.45) is 0 Å². The predicted molar refractivity (Wildman–Crippen MR) is 85.6 cm³/mol. The van der Waals surface area contributed by atoms with E-state index < -0.39 is 6.10 Å². The van der Waals surface area contributed by atoms with E-state index in [1.165, 1.54) is 12.1 Å². The van der Waals surface area contributed by atoms with Crippen LogP contribution in [0.4, 0.5) is 4.39 Å². The van der Waals surface area contributed by atoms with Crippen LogP contribution in [0.5, 0.6) is 5.75 Å². The lowest BCUT2D eigenvalue weighted by Crippen LogP contribution is -2.47. The summed E-state index contributed by atoms with van der Waals surface area (Å²) in [4.78, 5) is 2.27. The minimum Gasteiger partial charge on any atom is -0.491 e.